The summed E-state index contributed by atoms with van der Waals surface area (Å²) in [6.45, 7) is -0.180. The van der Waals surface area contributed by atoms with Crippen molar-refractivity contribution in [2.45, 2.75) is 12.6 Å². The Balaban J connectivity index is 1.84. The molecule has 0 radical (unpaired) electrons. The molecule has 1 atom stereocenters. The molecular weight excluding hydrogens is 273 g/mol. The summed E-state index contributed by atoms with van der Waals surface area (Å²) < 4.78 is 39.4. The monoisotopic (exact) mass is 284 g/mol. The Morgan fingerprint density at radius 2 is 2.15 bits per heavy atom. The summed E-state index contributed by atoms with van der Waals surface area (Å²) in [6.07, 6.45) is 1.63. The molecule has 0 bridgehead atoms. The molecule has 0 aromatic carbocycles. The average molecular weight is 284 g/mol. The van der Waals surface area contributed by atoms with Crippen molar-refractivity contribution in [3.8, 4) is 0 Å². The standard InChI is InChI=1S/C12H11F3N4O/c13-12(14,15)8-1-3-18(7-8)11(20)9-5-17-19-4-2-16-6-10(9)19/h2,4-6,8H,1,3,7H2/t8-/m0/s1. The highest BCUT2D eigenvalue weighted by Crippen LogP contribution is 2.34. The van der Waals surface area contributed by atoms with Gasteiger partial charge >= 0.3 is 6.18 Å². The van der Waals surface area contributed by atoms with Crippen LogP contribution < -0.4 is 0 Å². The largest absolute Gasteiger partial charge is 0.393 e. The number of fused-ring (bicyclic) bond motifs is 1. The summed E-state index contributed by atoms with van der Waals surface area (Å²) in [5.74, 6) is -1.87. The number of rotatable bonds is 1. The van der Waals surface area contributed by atoms with Crippen molar-refractivity contribution in [3.05, 3.63) is 30.4 Å². The molecule has 106 valence electrons. The van der Waals surface area contributed by atoms with Gasteiger partial charge in [0.2, 0.25) is 0 Å². The summed E-state index contributed by atoms with van der Waals surface area (Å²) >= 11 is 0. The van der Waals surface area contributed by atoms with E-state index in [0.717, 1.165) is 0 Å². The smallest absolute Gasteiger partial charge is 0.338 e. The third-order valence-electron chi connectivity index (χ3n) is 3.49. The molecule has 1 aliphatic heterocycles. The van der Waals surface area contributed by atoms with Crippen LogP contribution in [0.25, 0.3) is 5.52 Å². The molecule has 1 fully saturated rings. The molecule has 3 rings (SSSR count). The van der Waals surface area contributed by atoms with Crippen molar-refractivity contribution in [1.82, 2.24) is 19.5 Å². The zero-order valence-electron chi connectivity index (χ0n) is 10.3. The molecule has 0 unspecified atom stereocenters. The van der Waals surface area contributed by atoms with E-state index in [1.165, 1.54) is 28.0 Å². The summed E-state index contributed by atoms with van der Waals surface area (Å²) in [4.78, 5) is 17.4. The van der Waals surface area contributed by atoms with E-state index >= 15 is 0 Å². The summed E-state index contributed by atoms with van der Waals surface area (Å²) in [6, 6.07) is 0. The number of likely N-dealkylation sites (tertiary alicyclic amines) is 1. The lowest BCUT2D eigenvalue weighted by molar-refractivity contribution is -0.169. The lowest BCUT2D eigenvalue weighted by Gasteiger charge is -2.17. The van der Waals surface area contributed by atoms with Gasteiger partial charge in [-0.1, -0.05) is 0 Å². The lowest BCUT2D eigenvalue weighted by Crippen LogP contribution is -2.31. The molecule has 20 heavy (non-hydrogen) atoms. The van der Waals surface area contributed by atoms with E-state index in [0.29, 0.717) is 5.52 Å². The number of carbonyl (C=O) groups is 1. The minimum absolute atomic E-state index is 0.0489. The number of aromatic nitrogens is 3. The highest BCUT2D eigenvalue weighted by Gasteiger charge is 2.44. The first-order valence-corrected chi connectivity index (χ1v) is 6.10. The minimum Gasteiger partial charge on any atom is -0.338 e. The van der Waals surface area contributed by atoms with Gasteiger partial charge in [0.15, 0.2) is 0 Å². The highest BCUT2D eigenvalue weighted by molar-refractivity contribution is 6.00. The maximum Gasteiger partial charge on any atom is 0.393 e. The van der Waals surface area contributed by atoms with E-state index in [-0.39, 0.29) is 25.1 Å². The second-order valence-corrected chi connectivity index (χ2v) is 4.74. The average Bonchev–Trinajstić information content (AvgIpc) is 3.04. The molecule has 1 amide bonds. The molecule has 0 N–H and O–H groups in total. The van der Waals surface area contributed by atoms with Crippen LogP contribution in [0.4, 0.5) is 13.2 Å². The second kappa shape index (κ2) is 4.46. The number of amides is 1. The summed E-state index contributed by atoms with van der Waals surface area (Å²) in [5, 5.41) is 3.99. The Morgan fingerprint density at radius 1 is 1.35 bits per heavy atom. The first-order chi connectivity index (χ1) is 9.47. The number of hydrogen-bond donors (Lipinski definition) is 0. The van der Waals surface area contributed by atoms with Crippen LogP contribution in [0, 0.1) is 5.92 Å². The fraction of sp³-hybridized carbons (Fsp3) is 0.417. The number of alkyl halides is 3. The van der Waals surface area contributed by atoms with Crippen LogP contribution in [-0.2, 0) is 0 Å². The van der Waals surface area contributed by atoms with Gasteiger partial charge in [0.25, 0.3) is 5.91 Å². The van der Waals surface area contributed by atoms with Gasteiger partial charge in [0.05, 0.1) is 29.4 Å². The lowest BCUT2D eigenvalue weighted by atomic mass is 10.1. The first-order valence-electron chi connectivity index (χ1n) is 6.10. The minimum atomic E-state index is -4.25. The van der Waals surface area contributed by atoms with Crippen LogP contribution in [-0.4, -0.2) is 44.7 Å². The summed E-state index contributed by atoms with van der Waals surface area (Å²) in [5.41, 5.74) is 0.772. The third kappa shape index (κ3) is 2.10. The van der Waals surface area contributed by atoms with Crippen LogP contribution in [0.3, 0.4) is 0 Å². The van der Waals surface area contributed by atoms with Gasteiger partial charge < -0.3 is 4.90 Å². The Bertz CT molecular complexity index is 651. The van der Waals surface area contributed by atoms with Gasteiger partial charge in [-0.3, -0.25) is 9.78 Å². The Hall–Kier alpha value is -2.12. The van der Waals surface area contributed by atoms with Gasteiger partial charge in [-0.25, -0.2) is 4.52 Å². The van der Waals surface area contributed by atoms with Crippen LogP contribution >= 0.6 is 0 Å². The van der Waals surface area contributed by atoms with Gasteiger partial charge in [0.1, 0.15) is 0 Å². The number of hydrogen-bond acceptors (Lipinski definition) is 3. The molecule has 2 aromatic heterocycles. The van der Waals surface area contributed by atoms with Crippen LogP contribution in [0.2, 0.25) is 0 Å². The molecule has 0 spiro atoms. The zero-order valence-corrected chi connectivity index (χ0v) is 10.3. The van der Waals surface area contributed by atoms with Crippen molar-refractivity contribution in [3.63, 3.8) is 0 Å². The van der Waals surface area contributed by atoms with Crippen molar-refractivity contribution in [2.75, 3.05) is 13.1 Å². The molecule has 1 saturated heterocycles. The van der Waals surface area contributed by atoms with E-state index in [1.807, 2.05) is 0 Å². The van der Waals surface area contributed by atoms with E-state index in [1.54, 1.807) is 6.20 Å². The molecule has 0 aliphatic carbocycles. The third-order valence-corrected chi connectivity index (χ3v) is 3.49. The van der Waals surface area contributed by atoms with E-state index < -0.39 is 18.0 Å². The molecule has 3 heterocycles. The highest BCUT2D eigenvalue weighted by atomic mass is 19.4. The second-order valence-electron chi connectivity index (χ2n) is 4.74. The fourth-order valence-electron chi connectivity index (χ4n) is 2.38. The molecule has 5 nitrogen and oxygen atoms in total. The molecule has 2 aromatic rings. The van der Waals surface area contributed by atoms with Gasteiger partial charge in [0, 0.05) is 25.5 Å². The maximum atomic E-state index is 12.6. The van der Waals surface area contributed by atoms with Crippen LogP contribution in [0.5, 0.6) is 0 Å². The predicted molar refractivity (Wildman–Crippen MR) is 63.1 cm³/mol. The van der Waals surface area contributed by atoms with Crippen molar-refractivity contribution >= 4 is 11.4 Å². The summed E-state index contributed by atoms with van der Waals surface area (Å²) in [7, 11) is 0. The maximum absolute atomic E-state index is 12.6. The molecule has 0 saturated carbocycles. The van der Waals surface area contributed by atoms with Crippen LogP contribution in [0.15, 0.2) is 24.8 Å². The quantitative estimate of drug-likeness (QED) is 0.801. The van der Waals surface area contributed by atoms with Gasteiger partial charge in [-0.2, -0.15) is 18.3 Å². The number of carbonyl (C=O) groups excluding carboxylic acids is 1. The van der Waals surface area contributed by atoms with Gasteiger partial charge in [-0.05, 0) is 6.42 Å². The Labute approximate surface area is 112 Å². The van der Waals surface area contributed by atoms with Crippen LogP contribution in [0.1, 0.15) is 16.8 Å². The number of nitrogens with zero attached hydrogens (tertiary/aromatic N) is 4. The van der Waals surface area contributed by atoms with Crippen molar-refractivity contribution < 1.29 is 18.0 Å². The fourth-order valence-corrected chi connectivity index (χ4v) is 2.38. The SMILES string of the molecule is O=C(c1cnn2ccncc12)N1CC[C@H](C(F)(F)F)C1. The normalized spacial score (nSPS) is 19.8. The Morgan fingerprint density at radius 3 is 2.85 bits per heavy atom. The van der Waals surface area contributed by atoms with E-state index in [2.05, 4.69) is 10.1 Å². The van der Waals surface area contributed by atoms with E-state index in [9.17, 15) is 18.0 Å². The van der Waals surface area contributed by atoms with Crippen molar-refractivity contribution in [2.24, 2.45) is 5.92 Å². The number of halogens is 3. The zero-order chi connectivity index (χ0) is 14.3. The Kier molecular flexibility index (Phi) is 2.88. The topological polar surface area (TPSA) is 50.5 Å². The van der Waals surface area contributed by atoms with Gasteiger partial charge in [-0.15, -0.1) is 0 Å². The molecule has 1 aliphatic rings. The van der Waals surface area contributed by atoms with E-state index in [4.69, 9.17) is 0 Å². The van der Waals surface area contributed by atoms with Crippen molar-refractivity contribution in [1.29, 1.82) is 0 Å². The molecular formula is C12H11F3N4O. The predicted octanol–water partition coefficient (Wildman–Crippen LogP) is 1.75. The first kappa shape index (κ1) is 12.9. The molecule has 8 heteroatoms.